The molecule has 0 radical (unpaired) electrons. The Labute approximate surface area is 130 Å². The van der Waals surface area contributed by atoms with Gasteiger partial charge in [-0.2, -0.15) is 0 Å². The molecule has 1 fully saturated rings. The monoisotopic (exact) mass is 312 g/mol. The average molecular weight is 313 g/mol. The lowest BCUT2D eigenvalue weighted by atomic mass is 10.0. The van der Waals surface area contributed by atoms with E-state index in [2.05, 4.69) is 0 Å². The number of carbonyl (C=O) groups is 1. The molecule has 0 aliphatic carbocycles. The molecule has 1 aliphatic rings. The van der Waals surface area contributed by atoms with Crippen LogP contribution in [-0.2, 0) is 4.74 Å². The lowest BCUT2D eigenvalue weighted by molar-refractivity contribution is 0.0433. The number of hydrogen-bond donors (Lipinski definition) is 0. The highest BCUT2D eigenvalue weighted by Gasteiger charge is 2.30. The highest BCUT2D eigenvalue weighted by molar-refractivity contribution is 6.34. The van der Waals surface area contributed by atoms with Gasteiger partial charge in [0.25, 0.3) is 0 Å². The van der Waals surface area contributed by atoms with Crippen molar-refractivity contribution in [1.29, 1.82) is 0 Å². The van der Waals surface area contributed by atoms with Gasteiger partial charge in [0.1, 0.15) is 6.10 Å². The van der Waals surface area contributed by atoms with Gasteiger partial charge in [-0.1, -0.05) is 11.6 Å². The van der Waals surface area contributed by atoms with Crippen LogP contribution in [0.25, 0.3) is 0 Å². The first kappa shape index (κ1) is 16.1. The molecular weight excluding hydrogens is 292 g/mol. The van der Waals surface area contributed by atoms with E-state index in [1.165, 1.54) is 0 Å². The number of rotatable bonds is 6. The summed E-state index contributed by atoms with van der Waals surface area (Å²) in [6, 6.07) is 3.30. The van der Waals surface area contributed by atoms with Crippen LogP contribution in [-0.4, -0.2) is 31.2 Å². The van der Waals surface area contributed by atoms with E-state index >= 15 is 0 Å². The van der Waals surface area contributed by atoms with E-state index < -0.39 is 6.10 Å². The largest absolute Gasteiger partial charge is 0.490 e. The first-order chi connectivity index (χ1) is 10.1. The zero-order chi connectivity index (χ0) is 15.4. The van der Waals surface area contributed by atoms with E-state index in [4.69, 9.17) is 25.8 Å². The van der Waals surface area contributed by atoms with E-state index in [0.717, 1.165) is 12.8 Å². The number of halogens is 1. The first-order valence-electron chi connectivity index (χ1n) is 7.35. The molecule has 1 heterocycles. The normalized spacial score (nSPS) is 21.3. The van der Waals surface area contributed by atoms with Crippen molar-refractivity contribution in [2.24, 2.45) is 0 Å². The van der Waals surface area contributed by atoms with Gasteiger partial charge in [-0.25, -0.2) is 0 Å². The summed E-state index contributed by atoms with van der Waals surface area (Å²) in [5, 5.41) is 0.370. The summed E-state index contributed by atoms with van der Waals surface area (Å²) < 4.78 is 16.7. The number of hydrogen-bond acceptors (Lipinski definition) is 4. The van der Waals surface area contributed by atoms with Crippen molar-refractivity contribution in [2.45, 2.75) is 45.8 Å². The molecule has 4 nitrogen and oxygen atoms in total. The molecule has 2 unspecified atom stereocenters. The minimum absolute atomic E-state index is 0.0895. The van der Waals surface area contributed by atoms with E-state index in [1.807, 2.05) is 20.8 Å². The van der Waals surface area contributed by atoms with E-state index in [1.54, 1.807) is 12.1 Å². The highest BCUT2D eigenvalue weighted by Crippen LogP contribution is 2.35. The van der Waals surface area contributed by atoms with Crippen molar-refractivity contribution >= 4 is 17.4 Å². The van der Waals surface area contributed by atoms with Crippen LogP contribution in [0.3, 0.4) is 0 Å². The first-order valence-corrected chi connectivity index (χ1v) is 7.73. The maximum absolute atomic E-state index is 12.5. The van der Waals surface area contributed by atoms with Crippen molar-refractivity contribution < 1.29 is 19.0 Å². The Morgan fingerprint density at radius 1 is 1.24 bits per heavy atom. The van der Waals surface area contributed by atoms with Crippen LogP contribution < -0.4 is 9.47 Å². The van der Waals surface area contributed by atoms with Crippen LogP contribution >= 0.6 is 11.6 Å². The molecule has 0 spiro atoms. The van der Waals surface area contributed by atoms with Crippen LogP contribution in [0.5, 0.6) is 11.5 Å². The van der Waals surface area contributed by atoms with Gasteiger partial charge in [-0.15, -0.1) is 0 Å². The molecule has 5 heteroatoms. The summed E-state index contributed by atoms with van der Waals surface area (Å²) in [5.41, 5.74) is 0.433. The quantitative estimate of drug-likeness (QED) is 0.748. The molecule has 1 aromatic rings. The minimum Gasteiger partial charge on any atom is -0.490 e. The summed E-state index contributed by atoms with van der Waals surface area (Å²) in [6.07, 6.45) is 1.33. The molecule has 0 bridgehead atoms. The van der Waals surface area contributed by atoms with Gasteiger partial charge in [0.05, 0.1) is 24.3 Å². The predicted octanol–water partition coefficient (Wildman–Crippen LogP) is 3.89. The Morgan fingerprint density at radius 3 is 2.38 bits per heavy atom. The Hall–Kier alpha value is -1.26. The van der Waals surface area contributed by atoms with Crippen molar-refractivity contribution in [1.82, 2.24) is 0 Å². The van der Waals surface area contributed by atoms with Crippen LogP contribution in [0.15, 0.2) is 12.1 Å². The Kier molecular flexibility index (Phi) is 5.48. The molecule has 2 atom stereocenters. The summed E-state index contributed by atoms with van der Waals surface area (Å²) in [4.78, 5) is 12.5. The van der Waals surface area contributed by atoms with Gasteiger partial charge in [0, 0.05) is 11.6 Å². The fraction of sp³-hybridized carbons (Fsp3) is 0.562. The fourth-order valence-electron chi connectivity index (χ4n) is 2.43. The molecule has 1 saturated heterocycles. The molecule has 2 rings (SSSR count). The third-order valence-corrected chi connectivity index (χ3v) is 3.74. The van der Waals surface area contributed by atoms with Crippen molar-refractivity contribution in [3.63, 3.8) is 0 Å². The molecule has 0 aromatic heterocycles. The minimum atomic E-state index is -0.412. The topological polar surface area (TPSA) is 44.8 Å². The molecular formula is C16H21ClO4. The number of ether oxygens (including phenoxy) is 3. The smallest absolute Gasteiger partial charge is 0.193 e. The van der Waals surface area contributed by atoms with Crippen LogP contribution in [0, 0.1) is 0 Å². The summed E-state index contributed by atoms with van der Waals surface area (Å²) in [7, 11) is 0. The summed E-state index contributed by atoms with van der Waals surface area (Å²) >= 11 is 6.24. The van der Waals surface area contributed by atoms with Gasteiger partial charge in [-0.3, -0.25) is 4.79 Å². The molecule has 116 valence electrons. The van der Waals surface area contributed by atoms with E-state index in [0.29, 0.717) is 35.3 Å². The Morgan fingerprint density at radius 2 is 1.86 bits per heavy atom. The number of Topliss-reactive ketones (excluding diaryl/α,β-unsaturated/α-hetero) is 1. The number of ketones is 1. The lowest BCUT2D eigenvalue weighted by Gasteiger charge is -2.15. The Balaban J connectivity index is 2.30. The summed E-state index contributed by atoms with van der Waals surface area (Å²) in [5.74, 6) is 1.01. The maximum atomic E-state index is 12.5. The van der Waals surface area contributed by atoms with Gasteiger partial charge < -0.3 is 14.2 Å². The lowest BCUT2D eigenvalue weighted by Crippen LogP contribution is -2.21. The van der Waals surface area contributed by atoms with Crippen molar-refractivity contribution in [3.05, 3.63) is 22.7 Å². The third-order valence-electron chi connectivity index (χ3n) is 3.42. The van der Waals surface area contributed by atoms with Gasteiger partial charge in [0.2, 0.25) is 0 Å². The predicted molar refractivity (Wildman–Crippen MR) is 81.7 cm³/mol. The number of benzene rings is 1. The van der Waals surface area contributed by atoms with E-state index in [-0.39, 0.29) is 11.9 Å². The Bertz CT molecular complexity index is 515. The number of carbonyl (C=O) groups excluding carboxylic acids is 1. The second-order valence-corrected chi connectivity index (χ2v) is 5.43. The zero-order valence-electron chi connectivity index (χ0n) is 12.6. The summed E-state index contributed by atoms with van der Waals surface area (Å²) in [6.45, 7) is 6.74. The molecule has 0 N–H and O–H groups in total. The second-order valence-electron chi connectivity index (χ2n) is 5.02. The van der Waals surface area contributed by atoms with Gasteiger partial charge in [-0.05, 0) is 39.7 Å². The second kappa shape index (κ2) is 7.14. The maximum Gasteiger partial charge on any atom is 0.193 e. The third kappa shape index (κ3) is 3.69. The fourth-order valence-corrected chi connectivity index (χ4v) is 2.68. The highest BCUT2D eigenvalue weighted by atomic mass is 35.5. The van der Waals surface area contributed by atoms with Crippen LogP contribution in [0.4, 0.5) is 0 Å². The molecule has 1 aliphatic heterocycles. The van der Waals surface area contributed by atoms with Crippen molar-refractivity contribution in [3.8, 4) is 11.5 Å². The molecule has 0 saturated carbocycles. The van der Waals surface area contributed by atoms with Gasteiger partial charge >= 0.3 is 0 Å². The van der Waals surface area contributed by atoms with Gasteiger partial charge in [0.15, 0.2) is 17.3 Å². The molecule has 21 heavy (non-hydrogen) atoms. The average Bonchev–Trinajstić information content (AvgIpc) is 2.88. The van der Waals surface area contributed by atoms with E-state index in [9.17, 15) is 4.79 Å². The molecule has 0 amide bonds. The molecule has 1 aromatic carbocycles. The SMILES string of the molecule is CCOc1cc(Cl)c(C(=O)C2CCC(C)O2)cc1OCC. The zero-order valence-corrected chi connectivity index (χ0v) is 13.4. The van der Waals surface area contributed by atoms with Crippen LogP contribution in [0.2, 0.25) is 5.02 Å². The standard InChI is InChI=1S/C16H21ClO4/c1-4-19-14-8-11(12(17)9-15(14)20-5-2)16(18)13-7-6-10(3)21-13/h8-10,13H,4-7H2,1-3H3. The van der Waals surface area contributed by atoms with Crippen molar-refractivity contribution in [2.75, 3.05) is 13.2 Å². The van der Waals surface area contributed by atoms with Crippen LogP contribution in [0.1, 0.15) is 44.0 Å².